The quantitative estimate of drug-likeness (QED) is 0.111. The first-order valence-corrected chi connectivity index (χ1v) is 22.1. The van der Waals surface area contributed by atoms with E-state index in [2.05, 4.69) is 0 Å². The van der Waals surface area contributed by atoms with Crippen LogP contribution >= 0.6 is 46.4 Å². The van der Waals surface area contributed by atoms with E-state index in [-0.39, 0.29) is 23.1 Å². The van der Waals surface area contributed by atoms with Gasteiger partial charge in [-0.05, 0) is 42.7 Å². The van der Waals surface area contributed by atoms with Gasteiger partial charge in [0.1, 0.15) is 30.0 Å². The normalized spacial score (nSPS) is 31.4. The SMILES string of the molecule is CC(=O)O[C@@H](C(=O)OC1C[C@@]2(O)[C@@H](OC(=O)c3ccccc3)[C@@H]3[C@]4(OC(C)=O)CO[C@@H]4C[C@H](OC(=O)C(Cl)Cl)[C@@]3(C)C(=O)[C@H](OC(=O)C(Cl)Cl)C(=C1C)C2(C)C)[C@@H](C)c1ccccc1. The van der Waals surface area contributed by atoms with Gasteiger partial charge in [0, 0.05) is 38.0 Å². The molecule has 3 fully saturated rings. The number of hydrogen-bond acceptors (Lipinski definition) is 15. The van der Waals surface area contributed by atoms with Gasteiger partial charge in [0.05, 0.1) is 23.5 Å². The molecule has 0 amide bonds. The van der Waals surface area contributed by atoms with Crippen LogP contribution in [-0.4, -0.2) is 111 Å². The second-order valence-electron chi connectivity index (χ2n) is 17.2. The number of esters is 6. The Balaban J connectivity index is 1.65. The summed E-state index contributed by atoms with van der Waals surface area (Å²) in [6.45, 7) is 9.28. The molecule has 64 heavy (non-hydrogen) atoms. The van der Waals surface area contributed by atoms with E-state index in [1.807, 2.05) is 0 Å². The van der Waals surface area contributed by atoms with Gasteiger partial charge in [0.15, 0.2) is 17.5 Å². The lowest BCUT2D eigenvalue weighted by molar-refractivity contribution is -0.346. The number of carbonyl (C=O) groups is 7. The van der Waals surface area contributed by atoms with Gasteiger partial charge in [0.2, 0.25) is 15.8 Å². The minimum absolute atomic E-state index is 0.0137. The Kier molecular flexibility index (Phi) is 14.3. The molecule has 1 N–H and O–H groups in total. The smallest absolute Gasteiger partial charge is 0.348 e. The van der Waals surface area contributed by atoms with Crippen molar-refractivity contribution in [1.82, 2.24) is 0 Å². The second-order valence-corrected chi connectivity index (χ2v) is 19.4. The van der Waals surface area contributed by atoms with Crippen LogP contribution in [0, 0.1) is 16.7 Å². The summed E-state index contributed by atoms with van der Waals surface area (Å²) in [5.41, 5.74) is -7.86. The van der Waals surface area contributed by atoms with Gasteiger partial charge in [-0.15, -0.1) is 0 Å². The van der Waals surface area contributed by atoms with Crippen LogP contribution in [-0.2, 0) is 61.9 Å². The van der Waals surface area contributed by atoms with E-state index in [9.17, 15) is 33.9 Å². The van der Waals surface area contributed by atoms with Crippen molar-refractivity contribution in [2.24, 2.45) is 16.7 Å². The van der Waals surface area contributed by atoms with Crippen molar-refractivity contribution in [2.75, 3.05) is 6.61 Å². The summed E-state index contributed by atoms with van der Waals surface area (Å²) in [5, 5.41) is 13.9. The van der Waals surface area contributed by atoms with Crippen molar-refractivity contribution < 1.29 is 71.8 Å². The van der Waals surface area contributed by atoms with Crippen molar-refractivity contribution in [2.45, 2.75) is 125 Å². The van der Waals surface area contributed by atoms with Crippen LogP contribution in [0.3, 0.4) is 0 Å². The molecule has 1 saturated heterocycles. The first kappa shape index (κ1) is 49.2. The maximum Gasteiger partial charge on any atom is 0.348 e. The van der Waals surface area contributed by atoms with Crippen LogP contribution in [0.15, 0.2) is 71.8 Å². The van der Waals surface area contributed by atoms with E-state index in [4.69, 9.17) is 79.6 Å². The molecular formula is C45H48Cl4O15. The van der Waals surface area contributed by atoms with E-state index in [1.54, 1.807) is 55.5 Å². The molecule has 4 aliphatic rings. The average molecular weight is 971 g/mol. The van der Waals surface area contributed by atoms with Crippen molar-refractivity contribution in [3.63, 3.8) is 0 Å². The predicted octanol–water partition coefficient (Wildman–Crippen LogP) is 6.08. The van der Waals surface area contributed by atoms with Crippen LogP contribution in [0.5, 0.6) is 0 Å². The molecule has 6 rings (SSSR count). The molecule has 346 valence electrons. The summed E-state index contributed by atoms with van der Waals surface area (Å²) in [7, 11) is 0. The fourth-order valence-electron chi connectivity index (χ4n) is 10.0. The van der Waals surface area contributed by atoms with E-state index in [0.29, 0.717) is 5.56 Å². The number of fused-ring (bicyclic) bond motifs is 5. The number of ether oxygens (including phenoxy) is 7. The molecular weight excluding hydrogens is 922 g/mol. The van der Waals surface area contributed by atoms with Crippen LogP contribution < -0.4 is 0 Å². The maximum absolute atomic E-state index is 16.0. The fraction of sp³-hybridized carbons (Fsp3) is 0.533. The number of hydrogen-bond donors (Lipinski definition) is 1. The standard InChI is InChI=1S/C45H48Cl4O15/c1-21(25-14-10-8-11-15-25)31(59-23(3)50)39(54)60-27-19-45(57)35(63-38(53)26-16-12-9-13-17-26)33-43(7,34(52)32(62-41(56)37(48)49)30(22(27)2)42(45,5)6)28(61-40(55)36(46)47)18-29-44(33,20-58-29)64-24(4)51/h8-17,21,27-29,31-33,35-37,57H,18-20H2,1-7H3/t21-,27?,28-,29+,31+,32+,33-,35-,43+,44-,45+/m0/s1. The van der Waals surface area contributed by atoms with Gasteiger partial charge in [-0.2, -0.15) is 0 Å². The van der Waals surface area contributed by atoms with Crippen LogP contribution in [0.1, 0.15) is 83.1 Å². The predicted molar refractivity (Wildman–Crippen MR) is 228 cm³/mol. The zero-order valence-electron chi connectivity index (χ0n) is 35.8. The molecule has 1 unspecified atom stereocenters. The third-order valence-electron chi connectivity index (χ3n) is 13.3. The average Bonchev–Trinajstić information content (AvgIpc) is 3.23. The highest BCUT2D eigenvalue weighted by atomic mass is 35.5. The van der Waals surface area contributed by atoms with Crippen LogP contribution in [0.25, 0.3) is 0 Å². The van der Waals surface area contributed by atoms with Gasteiger partial charge in [0.25, 0.3) is 0 Å². The lowest BCUT2D eigenvalue weighted by Gasteiger charge is -2.67. The third-order valence-corrected chi connectivity index (χ3v) is 14.0. The van der Waals surface area contributed by atoms with Crippen molar-refractivity contribution in [3.05, 3.63) is 82.9 Å². The molecule has 3 aliphatic carbocycles. The number of rotatable bonds is 12. The third kappa shape index (κ3) is 8.64. The molecule has 2 aromatic rings. The Morgan fingerprint density at radius 3 is 1.91 bits per heavy atom. The van der Waals surface area contributed by atoms with E-state index in [1.165, 1.54) is 39.8 Å². The molecule has 19 heteroatoms. The Morgan fingerprint density at radius 2 is 1.38 bits per heavy atom. The van der Waals surface area contributed by atoms with Gasteiger partial charge < -0.3 is 38.3 Å². The number of alkyl halides is 4. The van der Waals surface area contributed by atoms with Crippen LogP contribution in [0.2, 0.25) is 0 Å². The summed E-state index contributed by atoms with van der Waals surface area (Å²) in [6.07, 6.45) is -10.7. The molecule has 2 aromatic carbocycles. The van der Waals surface area contributed by atoms with Crippen LogP contribution in [0.4, 0.5) is 0 Å². The number of carbonyl (C=O) groups excluding carboxylic acids is 7. The monoisotopic (exact) mass is 968 g/mol. The molecule has 2 saturated carbocycles. The fourth-order valence-corrected chi connectivity index (χ4v) is 10.2. The highest BCUT2D eigenvalue weighted by molar-refractivity contribution is 6.53. The molecule has 0 spiro atoms. The Labute approximate surface area is 389 Å². The maximum atomic E-state index is 16.0. The molecule has 0 aromatic heterocycles. The van der Waals surface area contributed by atoms with Crippen molar-refractivity contribution in [1.29, 1.82) is 0 Å². The number of benzene rings is 2. The topological polar surface area (TPSA) is 204 Å². The first-order chi connectivity index (χ1) is 29.9. The summed E-state index contributed by atoms with van der Waals surface area (Å²) in [6, 6.07) is 16.4. The Morgan fingerprint density at radius 1 is 0.797 bits per heavy atom. The zero-order chi connectivity index (χ0) is 47.3. The second kappa shape index (κ2) is 18.6. The summed E-state index contributed by atoms with van der Waals surface area (Å²) < 4.78 is 42.1. The van der Waals surface area contributed by atoms with Crippen molar-refractivity contribution >= 4 is 88.0 Å². The minimum Gasteiger partial charge on any atom is -0.459 e. The largest absolute Gasteiger partial charge is 0.459 e. The zero-order valence-corrected chi connectivity index (χ0v) is 38.9. The van der Waals surface area contributed by atoms with Gasteiger partial charge in [-0.3, -0.25) is 14.4 Å². The van der Waals surface area contributed by atoms with E-state index in [0.717, 1.165) is 13.8 Å². The number of ketones is 1. The summed E-state index contributed by atoms with van der Waals surface area (Å²) in [5.74, 6) is -9.68. The highest BCUT2D eigenvalue weighted by Gasteiger charge is 2.79. The molecule has 11 atom stereocenters. The van der Waals surface area contributed by atoms with E-state index >= 15 is 4.79 Å². The Hall–Kier alpha value is -4.25. The minimum atomic E-state index is -2.50. The first-order valence-electron chi connectivity index (χ1n) is 20.4. The summed E-state index contributed by atoms with van der Waals surface area (Å²) in [4.78, 5) is 93.8. The highest BCUT2D eigenvalue weighted by Crippen LogP contribution is 2.65. The number of halogens is 4. The Bertz CT molecular complexity index is 2220. The van der Waals surface area contributed by atoms with Gasteiger partial charge in [-0.25, -0.2) is 19.2 Å². The number of Topliss-reactive ketones (excluding diaryl/α,β-unsaturated/α-hetero) is 1. The molecule has 15 nitrogen and oxygen atoms in total. The summed E-state index contributed by atoms with van der Waals surface area (Å²) >= 11 is 24.0. The van der Waals surface area contributed by atoms with Gasteiger partial charge in [-0.1, -0.05) is 116 Å². The molecule has 2 bridgehead atoms. The van der Waals surface area contributed by atoms with E-state index < -0.39 is 135 Å². The van der Waals surface area contributed by atoms with Crippen molar-refractivity contribution in [3.8, 4) is 0 Å². The molecule has 1 heterocycles. The molecule has 0 radical (unpaired) electrons. The number of aliphatic hydroxyl groups is 1. The molecule has 1 aliphatic heterocycles. The lowest BCUT2D eigenvalue weighted by atomic mass is 9.44. The lowest BCUT2D eigenvalue weighted by Crippen LogP contribution is -2.82. The van der Waals surface area contributed by atoms with Gasteiger partial charge >= 0.3 is 35.8 Å².